The molecule has 132 valence electrons. The lowest BCUT2D eigenvalue weighted by Gasteiger charge is -2.00. The number of fused-ring (bicyclic) bond motifs is 2. The van der Waals surface area contributed by atoms with Gasteiger partial charge in [0.1, 0.15) is 11.3 Å². The van der Waals surface area contributed by atoms with Gasteiger partial charge in [0.2, 0.25) is 5.91 Å². The van der Waals surface area contributed by atoms with E-state index < -0.39 is 0 Å². The van der Waals surface area contributed by atoms with Crippen LogP contribution >= 0.6 is 22.7 Å². The van der Waals surface area contributed by atoms with Crippen LogP contribution in [-0.2, 0) is 11.2 Å². The molecular formula is C19H17N3O2S2. The predicted molar refractivity (Wildman–Crippen MR) is 107 cm³/mol. The number of carbonyl (C=O) groups excluding carboxylic acids is 1. The Bertz CT molecular complexity index is 1040. The van der Waals surface area contributed by atoms with E-state index in [4.69, 9.17) is 4.74 Å². The number of aryl methyl sites for hydroxylation is 1. The number of anilines is 1. The molecule has 2 aromatic carbocycles. The summed E-state index contributed by atoms with van der Waals surface area (Å²) in [5.74, 6) is 0.694. The predicted octanol–water partition coefficient (Wildman–Crippen LogP) is 4.88. The number of rotatable bonds is 6. The van der Waals surface area contributed by atoms with E-state index in [1.54, 1.807) is 18.4 Å². The molecule has 4 rings (SSSR count). The molecule has 0 unspecified atom stereocenters. The molecule has 1 amide bonds. The lowest BCUT2D eigenvalue weighted by Crippen LogP contribution is -2.11. The molecule has 0 aliphatic rings. The molecule has 7 heteroatoms. The van der Waals surface area contributed by atoms with Gasteiger partial charge in [0.25, 0.3) is 0 Å². The Hall–Kier alpha value is -2.51. The molecule has 0 bridgehead atoms. The average Bonchev–Trinajstić information content (AvgIpc) is 3.24. The highest BCUT2D eigenvalue weighted by Gasteiger charge is 2.11. The van der Waals surface area contributed by atoms with Crippen LogP contribution in [-0.4, -0.2) is 23.0 Å². The summed E-state index contributed by atoms with van der Waals surface area (Å²) in [7, 11) is 1.62. The van der Waals surface area contributed by atoms with Gasteiger partial charge < -0.3 is 10.1 Å². The quantitative estimate of drug-likeness (QED) is 0.516. The largest absolute Gasteiger partial charge is 0.494 e. The van der Waals surface area contributed by atoms with Crippen LogP contribution in [0.2, 0.25) is 0 Å². The Morgan fingerprint density at radius 2 is 1.92 bits per heavy atom. The highest BCUT2D eigenvalue weighted by Crippen LogP contribution is 2.32. The Balaban J connectivity index is 1.35. The molecule has 0 saturated carbocycles. The number of benzene rings is 2. The number of thiazole rings is 2. The van der Waals surface area contributed by atoms with Crippen LogP contribution in [0.1, 0.15) is 17.8 Å². The van der Waals surface area contributed by atoms with Gasteiger partial charge in [-0.05, 0) is 37.1 Å². The molecule has 0 radical (unpaired) electrons. The smallest absolute Gasteiger partial charge is 0.226 e. The first-order valence-corrected chi connectivity index (χ1v) is 9.94. The van der Waals surface area contributed by atoms with Crippen LogP contribution < -0.4 is 10.1 Å². The maximum atomic E-state index is 12.2. The van der Waals surface area contributed by atoms with Crippen molar-refractivity contribution in [2.75, 3.05) is 12.4 Å². The van der Waals surface area contributed by atoms with E-state index >= 15 is 0 Å². The van der Waals surface area contributed by atoms with Crippen molar-refractivity contribution in [3.8, 4) is 5.75 Å². The van der Waals surface area contributed by atoms with Crippen molar-refractivity contribution in [2.45, 2.75) is 19.3 Å². The number of nitrogens with zero attached hydrogens (tertiary/aromatic N) is 2. The van der Waals surface area contributed by atoms with Gasteiger partial charge in [-0.15, -0.1) is 11.3 Å². The number of nitrogens with one attached hydrogen (secondary N) is 1. The van der Waals surface area contributed by atoms with Crippen LogP contribution in [0.15, 0.2) is 42.5 Å². The number of ether oxygens (including phenoxy) is 1. The van der Waals surface area contributed by atoms with E-state index in [0.717, 1.165) is 39.3 Å². The topological polar surface area (TPSA) is 64.1 Å². The number of amides is 1. The average molecular weight is 383 g/mol. The first-order valence-electron chi connectivity index (χ1n) is 8.31. The van der Waals surface area contributed by atoms with Crippen molar-refractivity contribution in [3.05, 3.63) is 47.5 Å². The summed E-state index contributed by atoms with van der Waals surface area (Å²) in [5, 5.41) is 4.57. The lowest BCUT2D eigenvalue weighted by molar-refractivity contribution is -0.116. The number of hydrogen-bond donors (Lipinski definition) is 1. The zero-order valence-electron chi connectivity index (χ0n) is 14.2. The summed E-state index contributed by atoms with van der Waals surface area (Å²) in [6.45, 7) is 0. The van der Waals surface area contributed by atoms with Crippen molar-refractivity contribution >= 4 is 54.1 Å². The molecule has 0 aliphatic heterocycles. The molecular weight excluding hydrogens is 366 g/mol. The standard InChI is InChI=1S/C19H17N3O2S2/c1-24-13-7-4-9-15-18(13)22-19(26-15)21-16(23)10-5-11-17-20-12-6-2-3-8-14(12)25-17/h2-4,6-9H,5,10-11H2,1H3,(H,21,22,23). The highest BCUT2D eigenvalue weighted by atomic mass is 32.1. The van der Waals surface area contributed by atoms with Gasteiger partial charge >= 0.3 is 0 Å². The number of para-hydroxylation sites is 2. The van der Waals surface area contributed by atoms with Gasteiger partial charge in [-0.3, -0.25) is 4.79 Å². The van der Waals surface area contributed by atoms with E-state index in [1.807, 2.05) is 36.4 Å². The zero-order chi connectivity index (χ0) is 17.9. The third-order valence-corrected chi connectivity index (χ3v) is 6.01. The fourth-order valence-electron chi connectivity index (χ4n) is 2.75. The van der Waals surface area contributed by atoms with Crippen LogP contribution in [0.5, 0.6) is 5.75 Å². The third kappa shape index (κ3) is 3.54. The van der Waals surface area contributed by atoms with Crippen molar-refractivity contribution in [1.82, 2.24) is 9.97 Å². The summed E-state index contributed by atoms with van der Waals surface area (Å²) in [5.41, 5.74) is 1.81. The summed E-state index contributed by atoms with van der Waals surface area (Å²) < 4.78 is 7.49. The molecule has 0 spiro atoms. The lowest BCUT2D eigenvalue weighted by atomic mass is 10.2. The van der Waals surface area contributed by atoms with E-state index in [9.17, 15) is 4.79 Å². The van der Waals surface area contributed by atoms with E-state index in [1.165, 1.54) is 16.0 Å². The number of carbonyl (C=O) groups is 1. The summed E-state index contributed by atoms with van der Waals surface area (Å²) in [6, 6.07) is 13.9. The molecule has 5 nitrogen and oxygen atoms in total. The van der Waals surface area contributed by atoms with Gasteiger partial charge in [0.05, 0.1) is 27.0 Å². The summed E-state index contributed by atoms with van der Waals surface area (Å²) in [4.78, 5) is 21.3. The van der Waals surface area contributed by atoms with Crippen LogP contribution in [0.4, 0.5) is 5.13 Å². The molecule has 4 aromatic rings. The van der Waals surface area contributed by atoms with Crippen molar-refractivity contribution < 1.29 is 9.53 Å². The minimum absolute atomic E-state index is 0.0239. The number of hydrogen-bond acceptors (Lipinski definition) is 6. The first kappa shape index (κ1) is 16.9. The fourth-order valence-corrected chi connectivity index (χ4v) is 4.66. The van der Waals surface area contributed by atoms with E-state index in [2.05, 4.69) is 21.4 Å². The number of aromatic nitrogens is 2. The second-order valence-corrected chi connectivity index (χ2v) is 7.95. The minimum atomic E-state index is -0.0239. The van der Waals surface area contributed by atoms with Crippen molar-refractivity contribution in [2.24, 2.45) is 0 Å². The second kappa shape index (κ2) is 7.39. The fraction of sp³-hybridized carbons (Fsp3) is 0.211. The van der Waals surface area contributed by atoms with Crippen LogP contribution in [0, 0.1) is 0 Å². The van der Waals surface area contributed by atoms with E-state index in [-0.39, 0.29) is 5.91 Å². The van der Waals surface area contributed by atoms with Gasteiger partial charge in [-0.1, -0.05) is 29.5 Å². The molecule has 0 aliphatic carbocycles. The van der Waals surface area contributed by atoms with Crippen molar-refractivity contribution in [3.63, 3.8) is 0 Å². The van der Waals surface area contributed by atoms with Gasteiger partial charge in [0, 0.05) is 6.42 Å². The molecule has 2 aromatic heterocycles. The Morgan fingerprint density at radius 3 is 2.77 bits per heavy atom. The third-order valence-electron chi connectivity index (χ3n) is 3.98. The maximum Gasteiger partial charge on any atom is 0.226 e. The first-order chi connectivity index (χ1) is 12.7. The SMILES string of the molecule is COc1cccc2sc(NC(=O)CCCc3nc4ccccc4s3)nc12. The van der Waals surface area contributed by atoms with Crippen LogP contribution in [0.25, 0.3) is 20.4 Å². The maximum absolute atomic E-state index is 12.2. The molecule has 0 fully saturated rings. The van der Waals surface area contributed by atoms with Gasteiger partial charge in [-0.2, -0.15) is 0 Å². The summed E-state index contributed by atoms with van der Waals surface area (Å²) >= 11 is 3.15. The Morgan fingerprint density at radius 1 is 1.08 bits per heavy atom. The molecule has 0 saturated heterocycles. The summed E-state index contributed by atoms with van der Waals surface area (Å²) in [6.07, 6.45) is 2.02. The zero-order valence-corrected chi connectivity index (χ0v) is 15.8. The molecule has 1 N–H and O–H groups in total. The normalized spacial score (nSPS) is 11.1. The Labute approximate surface area is 158 Å². The number of methoxy groups -OCH3 is 1. The monoisotopic (exact) mass is 383 g/mol. The van der Waals surface area contributed by atoms with Crippen molar-refractivity contribution in [1.29, 1.82) is 0 Å². The van der Waals surface area contributed by atoms with E-state index in [0.29, 0.717) is 11.6 Å². The van der Waals surface area contributed by atoms with Gasteiger partial charge in [0.15, 0.2) is 5.13 Å². The van der Waals surface area contributed by atoms with Gasteiger partial charge in [-0.25, -0.2) is 9.97 Å². The highest BCUT2D eigenvalue weighted by molar-refractivity contribution is 7.22. The second-order valence-electron chi connectivity index (χ2n) is 5.80. The van der Waals surface area contributed by atoms with Crippen LogP contribution in [0.3, 0.4) is 0 Å². The molecule has 2 heterocycles. The molecule has 26 heavy (non-hydrogen) atoms. The molecule has 0 atom stereocenters. The minimum Gasteiger partial charge on any atom is -0.494 e. The Kier molecular flexibility index (Phi) is 4.81.